The van der Waals surface area contributed by atoms with Crippen molar-refractivity contribution < 1.29 is 19.1 Å². The SMILES string of the molecule is COc1ccc(CNc2nc(CCc3cccc(N4CCOCC4)c3)nc(CN3CC(=O)NC3=O)n2)cc1. The van der Waals surface area contributed by atoms with Gasteiger partial charge in [-0.05, 0) is 41.8 Å². The number of hydrogen-bond donors (Lipinski definition) is 2. The molecule has 2 aliphatic heterocycles. The number of carbonyl (C=O) groups excluding carboxylic acids is 2. The molecule has 5 rings (SSSR count). The van der Waals surface area contributed by atoms with E-state index < -0.39 is 6.03 Å². The molecule has 0 atom stereocenters. The van der Waals surface area contributed by atoms with Gasteiger partial charge in [-0.1, -0.05) is 24.3 Å². The van der Waals surface area contributed by atoms with Gasteiger partial charge in [0.05, 0.1) is 26.9 Å². The Bertz CT molecular complexity index is 1280. The monoisotopic (exact) mass is 517 g/mol. The molecular formula is C27H31N7O4. The highest BCUT2D eigenvalue weighted by atomic mass is 16.5. The number of methoxy groups -OCH3 is 1. The first-order chi connectivity index (χ1) is 18.6. The molecule has 3 heterocycles. The molecule has 2 aliphatic rings. The second kappa shape index (κ2) is 11.9. The van der Waals surface area contributed by atoms with Gasteiger partial charge in [0, 0.05) is 31.7 Å². The number of benzene rings is 2. The molecule has 0 spiro atoms. The van der Waals surface area contributed by atoms with E-state index in [-0.39, 0.29) is 19.0 Å². The van der Waals surface area contributed by atoms with Gasteiger partial charge in [-0.2, -0.15) is 9.97 Å². The van der Waals surface area contributed by atoms with Gasteiger partial charge in [-0.3, -0.25) is 10.1 Å². The van der Waals surface area contributed by atoms with Crippen molar-refractivity contribution in [2.75, 3.05) is 50.2 Å². The summed E-state index contributed by atoms with van der Waals surface area (Å²) in [5, 5.41) is 5.56. The second-order valence-corrected chi connectivity index (χ2v) is 9.17. The summed E-state index contributed by atoms with van der Waals surface area (Å²) < 4.78 is 10.7. The lowest BCUT2D eigenvalue weighted by molar-refractivity contribution is -0.118. The summed E-state index contributed by atoms with van der Waals surface area (Å²) in [5.74, 6) is 1.93. The van der Waals surface area contributed by atoms with E-state index in [1.165, 1.54) is 16.2 Å². The van der Waals surface area contributed by atoms with E-state index in [4.69, 9.17) is 9.47 Å². The molecule has 0 aliphatic carbocycles. The lowest BCUT2D eigenvalue weighted by Gasteiger charge is -2.29. The summed E-state index contributed by atoms with van der Waals surface area (Å²) in [6.45, 7) is 3.87. The highest BCUT2D eigenvalue weighted by Gasteiger charge is 2.27. The summed E-state index contributed by atoms with van der Waals surface area (Å²) in [4.78, 5) is 41.2. The van der Waals surface area contributed by atoms with Crippen molar-refractivity contribution in [1.29, 1.82) is 0 Å². The molecule has 1 aromatic heterocycles. The first-order valence-corrected chi connectivity index (χ1v) is 12.7. The van der Waals surface area contributed by atoms with Crippen LogP contribution in [0.15, 0.2) is 48.5 Å². The van der Waals surface area contributed by atoms with Crippen molar-refractivity contribution in [2.24, 2.45) is 0 Å². The quantitative estimate of drug-likeness (QED) is 0.390. The molecule has 38 heavy (non-hydrogen) atoms. The third-order valence-electron chi connectivity index (χ3n) is 6.46. The van der Waals surface area contributed by atoms with E-state index >= 15 is 0 Å². The van der Waals surface area contributed by atoms with Crippen molar-refractivity contribution in [3.8, 4) is 5.75 Å². The minimum Gasteiger partial charge on any atom is -0.497 e. The molecule has 0 bridgehead atoms. The number of aryl methyl sites for hydroxylation is 2. The van der Waals surface area contributed by atoms with Gasteiger partial charge in [0.25, 0.3) is 0 Å². The highest BCUT2D eigenvalue weighted by molar-refractivity contribution is 6.01. The Morgan fingerprint density at radius 2 is 1.76 bits per heavy atom. The Balaban J connectivity index is 1.30. The lowest BCUT2D eigenvalue weighted by atomic mass is 10.1. The number of nitrogens with zero attached hydrogens (tertiary/aromatic N) is 5. The first-order valence-electron chi connectivity index (χ1n) is 12.7. The van der Waals surface area contributed by atoms with Crippen LogP contribution in [0.5, 0.6) is 5.75 Å². The Morgan fingerprint density at radius 3 is 2.50 bits per heavy atom. The fourth-order valence-electron chi connectivity index (χ4n) is 4.42. The van der Waals surface area contributed by atoms with Crippen LogP contribution in [0.3, 0.4) is 0 Å². The highest BCUT2D eigenvalue weighted by Crippen LogP contribution is 2.19. The summed E-state index contributed by atoms with van der Waals surface area (Å²) in [6, 6.07) is 15.8. The molecule has 0 saturated carbocycles. The van der Waals surface area contributed by atoms with Gasteiger partial charge in [-0.15, -0.1) is 0 Å². The smallest absolute Gasteiger partial charge is 0.324 e. The fourth-order valence-corrected chi connectivity index (χ4v) is 4.42. The lowest BCUT2D eigenvalue weighted by Crippen LogP contribution is -2.36. The zero-order valence-corrected chi connectivity index (χ0v) is 21.4. The number of ether oxygens (including phenoxy) is 2. The topological polar surface area (TPSA) is 122 Å². The van der Waals surface area contributed by atoms with Gasteiger partial charge in [0.1, 0.15) is 18.1 Å². The van der Waals surface area contributed by atoms with Crippen LogP contribution in [0.2, 0.25) is 0 Å². The number of rotatable bonds is 10. The van der Waals surface area contributed by atoms with Crippen LogP contribution in [0.1, 0.15) is 22.8 Å². The molecule has 0 radical (unpaired) electrons. The predicted octanol–water partition coefficient (Wildman–Crippen LogP) is 2.17. The van der Waals surface area contributed by atoms with Crippen LogP contribution in [0, 0.1) is 0 Å². The summed E-state index contributed by atoms with van der Waals surface area (Å²) >= 11 is 0. The maximum Gasteiger partial charge on any atom is 0.324 e. The van der Waals surface area contributed by atoms with E-state index in [0.29, 0.717) is 30.6 Å². The second-order valence-electron chi connectivity index (χ2n) is 9.17. The third-order valence-corrected chi connectivity index (χ3v) is 6.46. The number of amides is 3. The number of morpholine rings is 1. The standard InChI is InChI=1S/C27H31N7O4/c1-37-22-8-5-20(6-9-22)16-28-26-30-23(29-24(31-26)17-34-18-25(35)32-27(34)36)10-7-19-3-2-4-21(15-19)33-11-13-38-14-12-33/h2-6,8-9,15H,7,10-14,16-18H2,1H3,(H,32,35,36)(H,28,29,30,31). The molecular weight excluding hydrogens is 486 g/mol. The van der Waals surface area contributed by atoms with Gasteiger partial charge >= 0.3 is 6.03 Å². The fraction of sp³-hybridized carbons (Fsp3) is 0.370. The van der Waals surface area contributed by atoms with Crippen molar-refractivity contribution in [3.63, 3.8) is 0 Å². The van der Waals surface area contributed by atoms with E-state index in [1.807, 2.05) is 24.3 Å². The van der Waals surface area contributed by atoms with Crippen LogP contribution in [-0.4, -0.2) is 71.7 Å². The van der Waals surface area contributed by atoms with E-state index in [9.17, 15) is 9.59 Å². The number of nitrogens with one attached hydrogen (secondary N) is 2. The van der Waals surface area contributed by atoms with Gasteiger partial charge in [0.2, 0.25) is 11.9 Å². The zero-order chi connectivity index (χ0) is 26.3. The molecule has 2 aromatic carbocycles. The maximum atomic E-state index is 12.1. The average Bonchev–Trinajstić information content (AvgIpc) is 3.27. The normalized spacial score (nSPS) is 15.5. The number of anilines is 2. The van der Waals surface area contributed by atoms with Crippen molar-refractivity contribution in [1.82, 2.24) is 25.2 Å². The summed E-state index contributed by atoms with van der Waals surface area (Å²) in [6.07, 6.45) is 1.35. The third kappa shape index (κ3) is 6.54. The Labute approximate surface area is 221 Å². The largest absolute Gasteiger partial charge is 0.497 e. The molecule has 2 N–H and O–H groups in total. The Kier molecular flexibility index (Phi) is 7.93. The molecule has 11 nitrogen and oxygen atoms in total. The molecule has 198 valence electrons. The van der Waals surface area contributed by atoms with Crippen LogP contribution >= 0.6 is 0 Å². The van der Waals surface area contributed by atoms with Crippen molar-refractivity contribution in [3.05, 3.63) is 71.3 Å². The van der Waals surface area contributed by atoms with Crippen LogP contribution in [0.4, 0.5) is 16.4 Å². The number of imide groups is 1. The minimum absolute atomic E-state index is 0.0111. The molecule has 2 fully saturated rings. The van der Waals surface area contributed by atoms with E-state index in [0.717, 1.165) is 44.0 Å². The maximum absolute atomic E-state index is 12.1. The molecule has 11 heteroatoms. The summed E-state index contributed by atoms with van der Waals surface area (Å²) in [7, 11) is 1.63. The number of urea groups is 1. The van der Waals surface area contributed by atoms with Gasteiger partial charge < -0.3 is 24.6 Å². The minimum atomic E-state index is -0.440. The first kappa shape index (κ1) is 25.4. The molecule has 3 amide bonds. The van der Waals surface area contributed by atoms with Gasteiger partial charge in [0.15, 0.2) is 5.82 Å². The van der Waals surface area contributed by atoms with Crippen LogP contribution in [0.25, 0.3) is 0 Å². The predicted molar refractivity (Wildman–Crippen MR) is 141 cm³/mol. The van der Waals surface area contributed by atoms with Crippen LogP contribution < -0.4 is 20.3 Å². The molecule has 3 aromatic rings. The number of hydrogen-bond acceptors (Lipinski definition) is 9. The summed E-state index contributed by atoms with van der Waals surface area (Å²) in [5.41, 5.74) is 3.42. The van der Waals surface area contributed by atoms with E-state index in [1.54, 1.807) is 7.11 Å². The van der Waals surface area contributed by atoms with E-state index in [2.05, 4.69) is 54.8 Å². The molecule has 0 unspecified atom stereocenters. The van der Waals surface area contributed by atoms with Crippen molar-refractivity contribution in [2.45, 2.75) is 25.9 Å². The Morgan fingerprint density at radius 1 is 0.974 bits per heavy atom. The molecule has 2 saturated heterocycles. The average molecular weight is 518 g/mol. The number of aromatic nitrogens is 3. The Hall–Kier alpha value is -4.25. The zero-order valence-electron chi connectivity index (χ0n) is 21.4. The van der Waals surface area contributed by atoms with Gasteiger partial charge in [-0.25, -0.2) is 9.78 Å². The number of carbonyl (C=O) groups is 2. The van der Waals surface area contributed by atoms with Crippen LogP contribution in [-0.2, 0) is 35.5 Å². The van der Waals surface area contributed by atoms with Crippen molar-refractivity contribution >= 4 is 23.6 Å².